The minimum absolute atomic E-state index is 0.0355. The Hall–Kier alpha value is -2.28. The van der Waals surface area contributed by atoms with Gasteiger partial charge in [0.1, 0.15) is 12.7 Å². The van der Waals surface area contributed by atoms with E-state index in [2.05, 4.69) is 0 Å². The van der Waals surface area contributed by atoms with Crippen molar-refractivity contribution in [3.05, 3.63) is 0 Å². The van der Waals surface area contributed by atoms with Crippen molar-refractivity contribution in [2.24, 2.45) is 5.73 Å². The minimum atomic E-state index is -1.26. The predicted molar refractivity (Wildman–Crippen MR) is 97.8 cm³/mol. The topological polar surface area (TPSA) is 159 Å². The monoisotopic (exact) mass is 435 g/mol. The van der Waals surface area contributed by atoms with Gasteiger partial charge in [0.15, 0.2) is 24.6 Å². The largest absolute Gasteiger partial charge is 0.463 e. The second-order valence-corrected chi connectivity index (χ2v) is 6.34. The maximum Gasteiger partial charge on any atom is 0.303 e. The second kappa shape index (κ2) is 13.1. The third kappa shape index (κ3) is 9.03. The molecule has 0 bridgehead atoms. The van der Waals surface area contributed by atoms with Crippen LogP contribution < -0.4 is 5.73 Å². The molecular weight excluding hydrogens is 406 g/mol. The van der Waals surface area contributed by atoms with E-state index in [0.29, 0.717) is 13.2 Å². The summed E-state index contributed by atoms with van der Waals surface area (Å²) in [7, 11) is 0. The van der Waals surface area contributed by atoms with Crippen LogP contribution in [-0.2, 0) is 52.3 Å². The van der Waals surface area contributed by atoms with Crippen LogP contribution in [0.15, 0.2) is 0 Å². The number of carbonyl (C=O) groups excluding carboxylic acids is 4. The lowest BCUT2D eigenvalue weighted by atomic mass is 9.98. The highest BCUT2D eigenvalue weighted by Gasteiger charge is 2.52. The van der Waals surface area contributed by atoms with Crippen LogP contribution in [0.1, 0.15) is 27.7 Å². The molecule has 30 heavy (non-hydrogen) atoms. The van der Waals surface area contributed by atoms with E-state index in [1.54, 1.807) is 0 Å². The molecule has 1 aliphatic heterocycles. The summed E-state index contributed by atoms with van der Waals surface area (Å²) < 4.78 is 37.4. The van der Waals surface area contributed by atoms with Gasteiger partial charge in [-0.2, -0.15) is 0 Å². The molecule has 1 saturated heterocycles. The van der Waals surface area contributed by atoms with Crippen LogP contribution in [0.3, 0.4) is 0 Å². The number of esters is 4. The van der Waals surface area contributed by atoms with E-state index < -0.39 is 54.6 Å². The summed E-state index contributed by atoms with van der Waals surface area (Å²) in [5.74, 6) is -2.72. The fourth-order valence-electron chi connectivity index (χ4n) is 2.73. The van der Waals surface area contributed by atoms with Crippen molar-refractivity contribution in [3.8, 4) is 0 Å². The van der Waals surface area contributed by atoms with Crippen LogP contribution in [0.4, 0.5) is 0 Å². The molecule has 1 heterocycles. The summed E-state index contributed by atoms with van der Waals surface area (Å²) in [6, 6.07) is 0. The lowest BCUT2D eigenvalue weighted by molar-refractivity contribution is -0.309. The molecule has 0 radical (unpaired) electrons. The van der Waals surface area contributed by atoms with E-state index in [4.69, 9.17) is 38.9 Å². The maximum absolute atomic E-state index is 11.7. The SMILES string of the molecule is CC(=O)OC[C@H]1O[C@H](OCCOCCN)[C@@H](OC(C)=O)[C@@H](OC(C)=O)[C@@H]1OC(C)=O. The summed E-state index contributed by atoms with van der Waals surface area (Å²) in [6.45, 7) is 5.17. The first kappa shape index (κ1) is 25.8. The molecule has 172 valence electrons. The fraction of sp³-hybridized carbons (Fsp3) is 0.778. The lowest BCUT2D eigenvalue weighted by Gasteiger charge is -2.44. The predicted octanol–water partition coefficient (Wildman–Crippen LogP) is -0.939. The van der Waals surface area contributed by atoms with Crippen molar-refractivity contribution in [3.63, 3.8) is 0 Å². The van der Waals surface area contributed by atoms with Gasteiger partial charge < -0.3 is 38.9 Å². The Labute approximate surface area is 174 Å². The number of carbonyl (C=O) groups is 4. The quantitative estimate of drug-likeness (QED) is 0.241. The number of hydrogen-bond donors (Lipinski definition) is 1. The van der Waals surface area contributed by atoms with Crippen LogP contribution in [0.5, 0.6) is 0 Å². The molecule has 0 amide bonds. The number of hydrogen-bond acceptors (Lipinski definition) is 12. The van der Waals surface area contributed by atoms with Crippen molar-refractivity contribution in [2.45, 2.75) is 58.4 Å². The van der Waals surface area contributed by atoms with Crippen LogP contribution in [0.2, 0.25) is 0 Å². The highest BCUT2D eigenvalue weighted by Crippen LogP contribution is 2.29. The van der Waals surface area contributed by atoms with E-state index in [0.717, 1.165) is 20.8 Å². The zero-order chi connectivity index (χ0) is 22.7. The molecule has 1 rings (SSSR count). The minimum Gasteiger partial charge on any atom is -0.463 e. The van der Waals surface area contributed by atoms with Crippen LogP contribution in [0.25, 0.3) is 0 Å². The molecule has 0 unspecified atom stereocenters. The Kier molecular flexibility index (Phi) is 11.3. The van der Waals surface area contributed by atoms with Crippen molar-refractivity contribution in [2.75, 3.05) is 33.0 Å². The van der Waals surface area contributed by atoms with E-state index in [1.165, 1.54) is 6.92 Å². The van der Waals surface area contributed by atoms with Gasteiger partial charge >= 0.3 is 23.9 Å². The van der Waals surface area contributed by atoms with Gasteiger partial charge in [-0.1, -0.05) is 0 Å². The van der Waals surface area contributed by atoms with Gasteiger partial charge in [0.05, 0.1) is 19.8 Å². The molecule has 0 aromatic carbocycles. The average molecular weight is 435 g/mol. The van der Waals surface area contributed by atoms with E-state index in [-0.39, 0.29) is 19.8 Å². The first-order valence-corrected chi connectivity index (χ1v) is 9.35. The van der Waals surface area contributed by atoms with Gasteiger partial charge in [0, 0.05) is 34.2 Å². The third-order valence-electron chi connectivity index (χ3n) is 3.72. The zero-order valence-corrected chi connectivity index (χ0v) is 17.5. The first-order chi connectivity index (χ1) is 14.1. The zero-order valence-electron chi connectivity index (χ0n) is 17.5. The molecule has 0 saturated carbocycles. The fourth-order valence-corrected chi connectivity index (χ4v) is 2.73. The molecule has 0 aromatic rings. The number of nitrogens with two attached hydrogens (primary N) is 1. The normalized spacial score (nSPS) is 25.8. The van der Waals surface area contributed by atoms with Crippen molar-refractivity contribution in [1.29, 1.82) is 0 Å². The Morgan fingerprint density at radius 3 is 1.87 bits per heavy atom. The summed E-state index contributed by atoms with van der Waals surface area (Å²) in [5, 5.41) is 0. The van der Waals surface area contributed by atoms with Crippen molar-refractivity contribution >= 4 is 23.9 Å². The Balaban J connectivity index is 3.13. The van der Waals surface area contributed by atoms with Crippen LogP contribution in [-0.4, -0.2) is 87.6 Å². The molecule has 0 aromatic heterocycles. The van der Waals surface area contributed by atoms with Gasteiger partial charge in [-0.25, -0.2) is 0 Å². The first-order valence-electron chi connectivity index (χ1n) is 9.35. The Bertz CT molecular complexity index is 597. The van der Waals surface area contributed by atoms with Crippen molar-refractivity contribution < 1.29 is 52.3 Å². The van der Waals surface area contributed by atoms with Gasteiger partial charge in [0.2, 0.25) is 0 Å². The Morgan fingerprint density at radius 1 is 0.767 bits per heavy atom. The molecule has 1 aliphatic rings. The molecule has 2 N–H and O–H groups in total. The highest BCUT2D eigenvalue weighted by molar-refractivity contribution is 5.68. The summed E-state index contributed by atoms with van der Waals surface area (Å²) in [5.41, 5.74) is 5.35. The smallest absolute Gasteiger partial charge is 0.303 e. The Morgan fingerprint density at radius 2 is 1.33 bits per heavy atom. The molecule has 0 aliphatic carbocycles. The van der Waals surface area contributed by atoms with Gasteiger partial charge in [-0.3, -0.25) is 19.2 Å². The van der Waals surface area contributed by atoms with Crippen LogP contribution >= 0.6 is 0 Å². The molecule has 5 atom stereocenters. The highest BCUT2D eigenvalue weighted by atomic mass is 16.7. The van der Waals surface area contributed by atoms with E-state index in [9.17, 15) is 19.2 Å². The standard InChI is InChI=1S/C18H29NO11/c1-10(20)26-9-14-15(27-11(2)21)16(28-12(3)22)17(29-13(4)23)18(30-14)25-8-7-24-6-5-19/h14-18H,5-9,19H2,1-4H3/t14-,15-,16+,17+,18+/m1/s1. The number of rotatable bonds is 11. The summed E-state index contributed by atoms with van der Waals surface area (Å²) >= 11 is 0. The number of ether oxygens (including phenoxy) is 7. The van der Waals surface area contributed by atoms with E-state index >= 15 is 0 Å². The second-order valence-electron chi connectivity index (χ2n) is 6.34. The third-order valence-corrected chi connectivity index (χ3v) is 3.72. The van der Waals surface area contributed by atoms with Crippen LogP contribution in [0, 0.1) is 0 Å². The lowest BCUT2D eigenvalue weighted by Crippen LogP contribution is -2.63. The summed E-state index contributed by atoms with van der Waals surface area (Å²) in [6.07, 6.45) is -6.00. The molecule has 12 nitrogen and oxygen atoms in total. The molecule has 12 heteroatoms. The molecular formula is C18H29NO11. The summed E-state index contributed by atoms with van der Waals surface area (Å²) in [4.78, 5) is 46.2. The van der Waals surface area contributed by atoms with Gasteiger partial charge in [0.25, 0.3) is 0 Å². The maximum atomic E-state index is 11.7. The molecule has 0 spiro atoms. The molecule has 1 fully saturated rings. The van der Waals surface area contributed by atoms with Crippen molar-refractivity contribution in [1.82, 2.24) is 0 Å². The average Bonchev–Trinajstić information content (AvgIpc) is 2.63. The van der Waals surface area contributed by atoms with Gasteiger partial charge in [-0.05, 0) is 0 Å². The van der Waals surface area contributed by atoms with E-state index in [1.807, 2.05) is 0 Å². The van der Waals surface area contributed by atoms with Gasteiger partial charge in [-0.15, -0.1) is 0 Å².